The van der Waals surface area contributed by atoms with Crippen LogP contribution in [0.5, 0.6) is 0 Å². The molecule has 0 fully saturated rings. The van der Waals surface area contributed by atoms with Crippen LogP contribution in [0.3, 0.4) is 0 Å². The number of benzene rings is 1. The Morgan fingerprint density at radius 1 is 1.11 bits per heavy atom. The predicted molar refractivity (Wildman–Crippen MR) is 62.6 cm³/mol. The Morgan fingerprint density at radius 2 is 1.61 bits per heavy atom. The normalized spacial score (nSPS) is 13.4. The highest BCUT2D eigenvalue weighted by molar-refractivity contribution is 6.22. The zero-order valence-electron chi connectivity index (χ0n) is 9.29. The van der Waals surface area contributed by atoms with Gasteiger partial charge < -0.3 is 11.5 Å². The Balaban J connectivity index is 2.24. The standard InChI is InChI=1S/C11H10N4O3/c12-11(13)14-8(16)5-15-9(17)6-3-1-2-4-7(6)10(15)18/h1-4H,5H2,(H4,12,13,14,16). The van der Waals surface area contributed by atoms with E-state index in [-0.39, 0.29) is 11.1 Å². The number of fused-ring (bicyclic) bond motifs is 1. The Labute approximate surface area is 102 Å². The molecule has 1 aromatic rings. The van der Waals surface area contributed by atoms with Gasteiger partial charge in [-0.15, -0.1) is 0 Å². The maximum absolute atomic E-state index is 11.9. The van der Waals surface area contributed by atoms with Crippen LogP contribution >= 0.6 is 0 Å². The van der Waals surface area contributed by atoms with Crippen molar-refractivity contribution in [3.05, 3.63) is 35.4 Å². The minimum absolute atomic E-state index is 0.278. The van der Waals surface area contributed by atoms with Crippen LogP contribution in [0, 0.1) is 0 Å². The molecule has 1 aliphatic rings. The van der Waals surface area contributed by atoms with E-state index in [2.05, 4.69) is 4.99 Å². The molecule has 0 spiro atoms. The van der Waals surface area contributed by atoms with Gasteiger partial charge in [-0.05, 0) is 12.1 Å². The zero-order valence-corrected chi connectivity index (χ0v) is 9.29. The van der Waals surface area contributed by atoms with E-state index in [1.807, 2.05) is 0 Å². The first kappa shape index (κ1) is 11.8. The molecule has 0 radical (unpaired) electrons. The van der Waals surface area contributed by atoms with Crippen molar-refractivity contribution in [2.24, 2.45) is 16.5 Å². The summed E-state index contributed by atoms with van der Waals surface area (Å²) in [4.78, 5) is 39.2. The number of hydrogen-bond donors (Lipinski definition) is 2. The average Bonchev–Trinajstić information content (AvgIpc) is 2.54. The van der Waals surface area contributed by atoms with Crippen LogP contribution in [0.2, 0.25) is 0 Å². The number of guanidine groups is 1. The van der Waals surface area contributed by atoms with E-state index < -0.39 is 30.2 Å². The van der Waals surface area contributed by atoms with E-state index >= 15 is 0 Å². The highest BCUT2D eigenvalue weighted by atomic mass is 16.2. The van der Waals surface area contributed by atoms with Gasteiger partial charge in [-0.2, -0.15) is 4.99 Å². The summed E-state index contributed by atoms with van der Waals surface area (Å²) in [5.41, 5.74) is 10.6. The number of amides is 3. The van der Waals surface area contributed by atoms with Crippen LogP contribution in [0.4, 0.5) is 0 Å². The molecular formula is C11H10N4O3. The minimum atomic E-state index is -0.746. The molecule has 0 aromatic heterocycles. The quantitative estimate of drug-likeness (QED) is 0.397. The van der Waals surface area contributed by atoms with Gasteiger partial charge in [0.15, 0.2) is 5.96 Å². The number of imide groups is 1. The minimum Gasteiger partial charge on any atom is -0.370 e. The third-order valence-corrected chi connectivity index (χ3v) is 2.43. The third kappa shape index (κ3) is 1.93. The van der Waals surface area contributed by atoms with E-state index in [0.717, 1.165) is 4.90 Å². The lowest BCUT2D eigenvalue weighted by molar-refractivity contribution is -0.118. The van der Waals surface area contributed by atoms with Crippen molar-refractivity contribution in [3.63, 3.8) is 0 Å². The van der Waals surface area contributed by atoms with Gasteiger partial charge >= 0.3 is 0 Å². The van der Waals surface area contributed by atoms with Gasteiger partial charge in [0, 0.05) is 0 Å². The summed E-state index contributed by atoms with van der Waals surface area (Å²) in [5, 5.41) is 0. The number of carbonyl (C=O) groups excluding carboxylic acids is 3. The molecule has 3 amide bonds. The largest absolute Gasteiger partial charge is 0.370 e. The second kappa shape index (κ2) is 4.28. The topological polar surface area (TPSA) is 119 Å². The van der Waals surface area contributed by atoms with Crippen LogP contribution in [0.15, 0.2) is 29.3 Å². The summed E-state index contributed by atoms with van der Waals surface area (Å²) in [6.07, 6.45) is 0. The van der Waals surface area contributed by atoms with E-state index in [1.165, 1.54) is 12.1 Å². The Morgan fingerprint density at radius 3 is 2.06 bits per heavy atom. The van der Waals surface area contributed by atoms with E-state index in [4.69, 9.17) is 11.5 Å². The number of nitrogens with two attached hydrogens (primary N) is 2. The Hall–Kier alpha value is -2.70. The van der Waals surface area contributed by atoms with Crippen LogP contribution < -0.4 is 11.5 Å². The van der Waals surface area contributed by atoms with E-state index in [1.54, 1.807) is 12.1 Å². The van der Waals surface area contributed by atoms with Gasteiger partial charge in [0.2, 0.25) is 0 Å². The summed E-state index contributed by atoms with van der Waals surface area (Å²) >= 11 is 0. The van der Waals surface area contributed by atoms with Crippen molar-refractivity contribution in [2.75, 3.05) is 6.54 Å². The fourth-order valence-corrected chi connectivity index (χ4v) is 1.70. The molecule has 0 atom stereocenters. The average molecular weight is 246 g/mol. The van der Waals surface area contributed by atoms with Gasteiger partial charge in [-0.1, -0.05) is 12.1 Å². The van der Waals surface area contributed by atoms with Crippen LogP contribution in [-0.4, -0.2) is 35.1 Å². The predicted octanol–water partition coefficient (Wildman–Crippen LogP) is -0.917. The highest BCUT2D eigenvalue weighted by Gasteiger charge is 2.36. The molecule has 0 aliphatic carbocycles. The monoisotopic (exact) mass is 246 g/mol. The molecule has 0 bridgehead atoms. The van der Waals surface area contributed by atoms with Crippen LogP contribution in [0.1, 0.15) is 20.7 Å². The highest BCUT2D eigenvalue weighted by Crippen LogP contribution is 2.21. The molecule has 1 aliphatic heterocycles. The maximum atomic E-state index is 11.9. The van der Waals surface area contributed by atoms with Gasteiger partial charge in [-0.25, -0.2) is 0 Å². The number of hydrogen-bond acceptors (Lipinski definition) is 3. The van der Waals surface area contributed by atoms with Crippen LogP contribution in [0.25, 0.3) is 0 Å². The number of rotatable bonds is 2. The third-order valence-electron chi connectivity index (χ3n) is 2.43. The van der Waals surface area contributed by atoms with Gasteiger partial charge in [0.05, 0.1) is 11.1 Å². The number of nitrogens with zero attached hydrogens (tertiary/aromatic N) is 2. The Bertz CT molecular complexity index is 540. The summed E-state index contributed by atoms with van der Waals surface area (Å²) in [6.45, 7) is -0.468. The second-order valence-corrected chi connectivity index (χ2v) is 3.67. The second-order valence-electron chi connectivity index (χ2n) is 3.67. The molecule has 92 valence electrons. The molecular weight excluding hydrogens is 236 g/mol. The summed E-state index contributed by atoms with van der Waals surface area (Å²) in [6, 6.07) is 6.35. The van der Waals surface area contributed by atoms with E-state index in [0.29, 0.717) is 0 Å². The lowest BCUT2D eigenvalue weighted by atomic mass is 10.1. The Kier molecular flexibility index (Phi) is 2.80. The van der Waals surface area contributed by atoms with Gasteiger partial charge in [0.1, 0.15) is 6.54 Å². The summed E-state index contributed by atoms with van der Waals surface area (Å²) in [5.74, 6) is -2.19. The van der Waals surface area contributed by atoms with Crippen molar-refractivity contribution >= 4 is 23.7 Å². The molecule has 0 unspecified atom stereocenters. The van der Waals surface area contributed by atoms with Gasteiger partial charge in [-0.3, -0.25) is 19.3 Å². The molecule has 0 saturated carbocycles. The lowest BCUT2D eigenvalue weighted by Gasteiger charge is -2.10. The summed E-state index contributed by atoms with van der Waals surface area (Å²) < 4.78 is 0. The van der Waals surface area contributed by atoms with Crippen molar-refractivity contribution in [1.29, 1.82) is 0 Å². The van der Waals surface area contributed by atoms with Crippen molar-refractivity contribution in [3.8, 4) is 0 Å². The fourth-order valence-electron chi connectivity index (χ4n) is 1.70. The van der Waals surface area contributed by atoms with Crippen LogP contribution in [-0.2, 0) is 4.79 Å². The first-order chi connectivity index (χ1) is 8.50. The van der Waals surface area contributed by atoms with Crippen molar-refractivity contribution in [1.82, 2.24) is 4.90 Å². The molecule has 0 saturated heterocycles. The van der Waals surface area contributed by atoms with E-state index in [9.17, 15) is 14.4 Å². The van der Waals surface area contributed by atoms with Crippen molar-refractivity contribution < 1.29 is 14.4 Å². The molecule has 7 heteroatoms. The molecule has 1 heterocycles. The zero-order chi connectivity index (χ0) is 13.3. The first-order valence-electron chi connectivity index (χ1n) is 5.08. The SMILES string of the molecule is NC(N)=NC(=O)CN1C(=O)c2ccccc2C1=O. The van der Waals surface area contributed by atoms with Crippen molar-refractivity contribution in [2.45, 2.75) is 0 Å². The first-order valence-corrected chi connectivity index (χ1v) is 5.08. The summed E-state index contributed by atoms with van der Waals surface area (Å²) in [7, 11) is 0. The molecule has 1 aromatic carbocycles. The maximum Gasteiger partial charge on any atom is 0.269 e. The lowest BCUT2D eigenvalue weighted by Crippen LogP contribution is -2.35. The molecule has 7 nitrogen and oxygen atoms in total. The molecule has 2 rings (SSSR count). The number of carbonyl (C=O) groups is 3. The smallest absolute Gasteiger partial charge is 0.269 e. The fraction of sp³-hybridized carbons (Fsp3) is 0.0909. The number of aliphatic imine (C=N–C) groups is 1. The molecule has 4 N–H and O–H groups in total. The van der Waals surface area contributed by atoms with Gasteiger partial charge in [0.25, 0.3) is 17.7 Å². The molecule has 18 heavy (non-hydrogen) atoms.